The average molecular weight is 358 g/mol. The van der Waals surface area contributed by atoms with Crippen LogP contribution in [0.25, 0.3) is 31.3 Å². The minimum atomic E-state index is 0.0512. The van der Waals surface area contributed by atoms with Crippen LogP contribution in [0.15, 0.2) is 12.1 Å². The smallest absolute Gasteiger partial charge is 0.139 e. The van der Waals surface area contributed by atoms with E-state index in [-0.39, 0.29) is 11.1 Å². The van der Waals surface area contributed by atoms with Gasteiger partial charge in [0.25, 0.3) is 0 Å². The number of nitrogens with zero attached hydrogens (tertiary/aromatic N) is 4. The van der Waals surface area contributed by atoms with Gasteiger partial charge in [-0.05, 0) is 25.5 Å². The number of nitriles is 4. The highest BCUT2D eigenvalue weighted by Crippen LogP contribution is 2.28. The third-order valence-corrected chi connectivity index (χ3v) is 6.29. The molecule has 6 heteroatoms. The first-order valence-corrected chi connectivity index (χ1v) is 9.06. The molecule has 0 atom stereocenters. The van der Waals surface area contributed by atoms with Crippen LogP contribution in [0.1, 0.15) is 16.7 Å². The van der Waals surface area contributed by atoms with E-state index in [1.54, 1.807) is 0 Å². The monoisotopic (exact) mass is 358 g/mol. The molecule has 0 unspecified atom stereocenters. The van der Waals surface area contributed by atoms with Crippen molar-refractivity contribution in [3.8, 4) is 24.3 Å². The van der Waals surface area contributed by atoms with Crippen LogP contribution in [0.2, 0.25) is 0 Å². The summed E-state index contributed by atoms with van der Waals surface area (Å²) in [6.45, 7) is 3.95. The van der Waals surface area contributed by atoms with Gasteiger partial charge in [0, 0.05) is 40.4 Å². The predicted molar refractivity (Wildman–Crippen MR) is 99.8 cm³/mol. The molecule has 2 aromatic heterocycles. The summed E-state index contributed by atoms with van der Waals surface area (Å²) < 4.78 is 1.58. The van der Waals surface area contributed by atoms with Crippen LogP contribution in [-0.2, 0) is 6.42 Å². The van der Waals surface area contributed by atoms with Gasteiger partial charge in [-0.1, -0.05) is 6.92 Å². The Morgan fingerprint density at radius 2 is 1.36 bits per heavy atom. The molecule has 0 saturated heterocycles. The van der Waals surface area contributed by atoms with E-state index in [1.807, 2.05) is 50.3 Å². The van der Waals surface area contributed by atoms with E-state index < -0.39 is 0 Å². The number of hydrogen-bond donors (Lipinski definition) is 0. The van der Waals surface area contributed by atoms with Crippen LogP contribution in [0.4, 0.5) is 0 Å². The molecule has 0 aliphatic carbocycles. The molecule has 0 aliphatic heterocycles. The zero-order chi connectivity index (χ0) is 18.1. The van der Waals surface area contributed by atoms with Gasteiger partial charge in [0.15, 0.2) is 0 Å². The van der Waals surface area contributed by atoms with Crippen molar-refractivity contribution in [2.24, 2.45) is 0 Å². The van der Waals surface area contributed by atoms with Crippen molar-refractivity contribution in [1.29, 1.82) is 21.0 Å². The van der Waals surface area contributed by atoms with Gasteiger partial charge in [-0.15, -0.1) is 22.7 Å². The lowest BCUT2D eigenvalue weighted by atomic mass is 10.0. The summed E-state index contributed by atoms with van der Waals surface area (Å²) in [6, 6.07) is 11.9. The molecule has 25 heavy (non-hydrogen) atoms. The van der Waals surface area contributed by atoms with Gasteiger partial charge in [0.2, 0.25) is 0 Å². The lowest BCUT2D eigenvalue weighted by Crippen LogP contribution is -2.15. The lowest BCUT2D eigenvalue weighted by molar-refractivity contribution is 1.19. The molecule has 0 amide bonds. The summed E-state index contributed by atoms with van der Waals surface area (Å²) in [5.41, 5.74) is 0.110. The van der Waals surface area contributed by atoms with Crippen molar-refractivity contribution < 1.29 is 0 Å². The van der Waals surface area contributed by atoms with Crippen molar-refractivity contribution in [2.45, 2.75) is 20.3 Å². The van der Waals surface area contributed by atoms with Gasteiger partial charge in [-0.25, -0.2) is 0 Å². The molecular formula is C19H10N4S2. The molecule has 0 fully saturated rings. The van der Waals surface area contributed by atoms with Crippen molar-refractivity contribution in [3.05, 3.63) is 32.3 Å². The second kappa shape index (κ2) is 6.39. The zero-order valence-electron chi connectivity index (χ0n) is 13.5. The van der Waals surface area contributed by atoms with Crippen LogP contribution in [0.3, 0.4) is 0 Å². The van der Waals surface area contributed by atoms with E-state index in [4.69, 9.17) is 0 Å². The Kier molecular flexibility index (Phi) is 4.26. The summed E-state index contributed by atoms with van der Waals surface area (Å²) in [4.78, 5) is 2.08. The summed E-state index contributed by atoms with van der Waals surface area (Å²) in [6.07, 6.45) is 0.799. The lowest BCUT2D eigenvalue weighted by Gasteiger charge is -1.99. The second-order valence-corrected chi connectivity index (χ2v) is 7.75. The fraction of sp³-hybridized carbons (Fsp3) is 0.158. The standard InChI is InChI=1S/C19H10N4S2/c1-3-13-5-15-16(11(6-20)7-21)14-4-10(2)24-18(14)17(19(15)25-13)12(8-22)9-23/h4-5H,3H2,1-2H3. The Hall–Kier alpha value is -3.16. The number of rotatable bonds is 1. The van der Waals surface area contributed by atoms with Crippen molar-refractivity contribution in [2.75, 3.05) is 0 Å². The molecule has 0 bridgehead atoms. The van der Waals surface area contributed by atoms with Gasteiger partial charge in [-0.3, -0.25) is 0 Å². The minimum Gasteiger partial charge on any atom is -0.192 e. The predicted octanol–water partition coefficient (Wildman–Crippen LogP) is 3.38. The number of hydrogen-bond acceptors (Lipinski definition) is 6. The fourth-order valence-electron chi connectivity index (χ4n) is 2.89. The van der Waals surface area contributed by atoms with Gasteiger partial charge in [0.1, 0.15) is 35.4 Å². The summed E-state index contributed by atoms with van der Waals surface area (Å²) >= 11 is 2.98. The van der Waals surface area contributed by atoms with Crippen molar-refractivity contribution in [1.82, 2.24) is 0 Å². The average Bonchev–Trinajstić information content (AvgIpc) is 3.21. The van der Waals surface area contributed by atoms with Gasteiger partial charge in [0.05, 0.1) is 0 Å². The highest BCUT2D eigenvalue weighted by Gasteiger charge is 2.16. The topological polar surface area (TPSA) is 95.2 Å². The number of benzene rings is 1. The molecular weight excluding hydrogens is 348 g/mol. The zero-order valence-corrected chi connectivity index (χ0v) is 15.1. The molecule has 2 heterocycles. The van der Waals surface area contributed by atoms with E-state index in [0.717, 1.165) is 36.3 Å². The van der Waals surface area contributed by atoms with Crippen LogP contribution in [0.5, 0.6) is 0 Å². The Labute approximate surface area is 152 Å². The number of fused-ring (bicyclic) bond motifs is 2. The van der Waals surface area contributed by atoms with E-state index in [1.165, 1.54) is 22.7 Å². The van der Waals surface area contributed by atoms with Crippen molar-refractivity contribution in [3.63, 3.8) is 0 Å². The summed E-state index contributed by atoms with van der Waals surface area (Å²) in [5, 5.41) is 40.5. The molecule has 118 valence electrons. The maximum absolute atomic E-state index is 9.43. The maximum atomic E-state index is 9.43. The third-order valence-electron chi connectivity index (χ3n) is 3.93. The molecule has 0 saturated carbocycles. The fourth-order valence-corrected chi connectivity index (χ4v) is 5.19. The largest absolute Gasteiger partial charge is 0.192 e. The molecule has 0 spiro atoms. The molecule has 3 rings (SSSR count). The second-order valence-electron chi connectivity index (χ2n) is 5.36. The van der Waals surface area contributed by atoms with Gasteiger partial charge in [-0.2, -0.15) is 21.0 Å². The molecule has 3 aromatic rings. The minimum absolute atomic E-state index is 0.0512. The number of aryl methyl sites for hydroxylation is 2. The third kappa shape index (κ3) is 2.46. The highest BCUT2D eigenvalue weighted by molar-refractivity contribution is 7.21. The van der Waals surface area contributed by atoms with E-state index in [0.29, 0.717) is 10.4 Å². The van der Waals surface area contributed by atoms with E-state index >= 15 is 0 Å². The Balaban J connectivity index is 2.90. The van der Waals surface area contributed by atoms with E-state index in [9.17, 15) is 21.0 Å². The van der Waals surface area contributed by atoms with Crippen LogP contribution in [0, 0.1) is 52.2 Å². The Bertz CT molecular complexity index is 1190. The first-order valence-electron chi connectivity index (χ1n) is 7.43. The molecule has 0 aliphatic rings. The molecule has 4 nitrogen and oxygen atoms in total. The highest BCUT2D eigenvalue weighted by atomic mass is 32.1. The van der Waals surface area contributed by atoms with E-state index in [2.05, 4.69) is 0 Å². The molecule has 0 radical (unpaired) electrons. The first kappa shape index (κ1) is 16.7. The van der Waals surface area contributed by atoms with Crippen LogP contribution >= 0.6 is 22.7 Å². The first-order chi connectivity index (χ1) is 12.1. The summed E-state index contributed by atoms with van der Waals surface area (Å²) in [5.74, 6) is 0. The SMILES string of the molecule is CCc1cc2c(=C(C#N)C#N)c3cc(C)sc3c(=C(C#N)C#N)c2s1. The number of thiophene rings is 2. The Morgan fingerprint density at radius 3 is 1.92 bits per heavy atom. The summed E-state index contributed by atoms with van der Waals surface area (Å²) in [7, 11) is 0. The quantitative estimate of drug-likeness (QED) is 0.666. The van der Waals surface area contributed by atoms with Crippen LogP contribution in [-0.4, -0.2) is 0 Å². The normalized spacial score (nSPS) is 10.0. The Morgan fingerprint density at radius 1 is 0.840 bits per heavy atom. The van der Waals surface area contributed by atoms with Gasteiger partial charge >= 0.3 is 0 Å². The van der Waals surface area contributed by atoms with Crippen molar-refractivity contribution >= 4 is 54.0 Å². The maximum Gasteiger partial charge on any atom is 0.139 e. The van der Waals surface area contributed by atoms with Gasteiger partial charge < -0.3 is 0 Å². The molecule has 0 N–H and O–H groups in total. The molecule has 1 aromatic carbocycles. The van der Waals surface area contributed by atoms with Crippen LogP contribution < -0.4 is 10.4 Å².